The van der Waals surface area contributed by atoms with E-state index < -0.39 is 0 Å². The smallest absolute Gasteiger partial charge is 0.296 e. The first kappa shape index (κ1) is 17.0. The molecule has 2 aromatic heterocycles. The average molecular weight is 360 g/mol. The van der Waals surface area contributed by atoms with Crippen molar-refractivity contribution < 1.29 is 4.79 Å². The Morgan fingerprint density at radius 3 is 2.92 bits per heavy atom. The van der Waals surface area contributed by atoms with E-state index >= 15 is 0 Å². The van der Waals surface area contributed by atoms with Gasteiger partial charge in [0, 0.05) is 35.8 Å². The van der Waals surface area contributed by atoms with Crippen molar-refractivity contribution in [1.82, 2.24) is 10.3 Å². The molecule has 3 rings (SSSR count). The maximum atomic E-state index is 12.0. The van der Waals surface area contributed by atoms with E-state index in [-0.39, 0.29) is 17.4 Å². The Bertz CT molecular complexity index is 762. The van der Waals surface area contributed by atoms with Crippen molar-refractivity contribution in [3.8, 4) is 11.8 Å². The number of carbonyl (C=O) groups is 1. The third-order valence-corrected chi connectivity index (χ3v) is 5.56. The second kappa shape index (κ2) is 6.96. The molecular weight excluding hydrogens is 338 g/mol. The zero-order valence-electron chi connectivity index (χ0n) is 14.1. The summed E-state index contributed by atoms with van der Waals surface area (Å²) >= 11 is 3.22. The summed E-state index contributed by atoms with van der Waals surface area (Å²) in [4.78, 5) is 19.9. The fourth-order valence-electron chi connectivity index (χ4n) is 2.50. The molecule has 0 spiro atoms. The van der Waals surface area contributed by atoms with Crippen LogP contribution in [-0.2, 0) is 10.2 Å². The number of anilines is 1. The second-order valence-electron chi connectivity index (χ2n) is 6.90. The molecule has 0 aromatic carbocycles. The topological polar surface area (TPSA) is 45.2 Å². The molecule has 2 aromatic rings. The summed E-state index contributed by atoms with van der Waals surface area (Å²) in [5.41, 5.74) is 1.19. The molecular formula is C18H21N3OS2. The van der Waals surface area contributed by atoms with Crippen molar-refractivity contribution in [2.24, 2.45) is 0 Å². The fourth-order valence-corrected chi connectivity index (χ4v) is 4.16. The SMILES string of the molecule is CC(C)(C)c1csc(N2CCC(NC(=O)C#Cc3cccs3)C2)n1. The molecule has 1 fully saturated rings. The van der Waals surface area contributed by atoms with Gasteiger partial charge in [0.05, 0.1) is 10.6 Å². The van der Waals surface area contributed by atoms with Crippen LogP contribution in [0.15, 0.2) is 22.9 Å². The van der Waals surface area contributed by atoms with Gasteiger partial charge in [-0.2, -0.15) is 0 Å². The van der Waals surface area contributed by atoms with Crippen LogP contribution >= 0.6 is 22.7 Å². The summed E-state index contributed by atoms with van der Waals surface area (Å²) in [7, 11) is 0. The molecule has 3 heterocycles. The largest absolute Gasteiger partial charge is 0.346 e. The van der Waals surface area contributed by atoms with Crippen LogP contribution in [0.5, 0.6) is 0 Å². The van der Waals surface area contributed by atoms with E-state index in [4.69, 9.17) is 4.98 Å². The Balaban J connectivity index is 1.55. The van der Waals surface area contributed by atoms with Crippen LogP contribution in [0.2, 0.25) is 0 Å². The van der Waals surface area contributed by atoms with E-state index in [2.05, 4.69) is 48.2 Å². The summed E-state index contributed by atoms with van der Waals surface area (Å²) in [6.07, 6.45) is 0.927. The average Bonchev–Trinajstić information content (AvgIpc) is 3.25. The van der Waals surface area contributed by atoms with E-state index in [0.29, 0.717) is 0 Å². The Hall–Kier alpha value is -1.84. The van der Waals surface area contributed by atoms with Gasteiger partial charge in [-0.3, -0.25) is 4.79 Å². The number of rotatable bonds is 2. The minimum atomic E-state index is -0.204. The summed E-state index contributed by atoms with van der Waals surface area (Å²) < 4.78 is 0. The molecule has 1 atom stereocenters. The van der Waals surface area contributed by atoms with Gasteiger partial charge < -0.3 is 10.2 Å². The molecule has 6 heteroatoms. The lowest BCUT2D eigenvalue weighted by Gasteiger charge is -2.17. The van der Waals surface area contributed by atoms with Crippen molar-refractivity contribution in [3.63, 3.8) is 0 Å². The Labute approximate surface area is 150 Å². The number of thiophene rings is 1. The molecule has 126 valence electrons. The molecule has 1 N–H and O–H groups in total. The monoisotopic (exact) mass is 359 g/mol. The van der Waals surface area contributed by atoms with Gasteiger partial charge in [-0.1, -0.05) is 26.8 Å². The predicted octanol–water partition coefficient (Wildman–Crippen LogP) is 3.25. The van der Waals surface area contributed by atoms with Crippen molar-refractivity contribution in [3.05, 3.63) is 33.5 Å². The number of aromatic nitrogens is 1. The Kier molecular flexibility index (Phi) is 4.93. The van der Waals surface area contributed by atoms with Gasteiger partial charge in [0.2, 0.25) is 0 Å². The lowest BCUT2D eigenvalue weighted by atomic mass is 9.93. The molecule has 24 heavy (non-hydrogen) atoms. The maximum absolute atomic E-state index is 12.0. The van der Waals surface area contributed by atoms with E-state index in [1.165, 1.54) is 0 Å². The summed E-state index contributed by atoms with van der Waals surface area (Å²) in [6.45, 7) is 8.23. The number of hydrogen-bond acceptors (Lipinski definition) is 5. The lowest BCUT2D eigenvalue weighted by molar-refractivity contribution is -0.116. The van der Waals surface area contributed by atoms with Crippen molar-refractivity contribution in [2.45, 2.75) is 38.6 Å². The van der Waals surface area contributed by atoms with Crippen molar-refractivity contribution >= 4 is 33.7 Å². The molecule has 1 amide bonds. The summed E-state index contributed by atoms with van der Waals surface area (Å²) in [5.74, 6) is 5.36. The van der Waals surface area contributed by atoms with Crippen LogP contribution in [0.4, 0.5) is 5.13 Å². The van der Waals surface area contributed by atoms with Gasteiger partial charge in [-0.15, -0.1) is 22.7 Å². The first-order valence-electron chi connectivity index (χ1n) is 7.99. The second-order valence-corrected chi connectivity index (χ2v) is 8.68. The Morgan fingerprint density at radius 2 is 2.25 bits per heavy atom. The van der Waals surface area contributed by atoms with Crippen LogP contribution < -0.4 is 10.2 Å². The summed E-state index contributed by atoms with van der Waals surface area (Å²) in [6, 6.07) is 3.98. The van der Waals surface area contributed by atoms with Gasteiger partial charge in [0.15, 0.2) is 5.13 Å². The van der Waals surface area contributed by atoms with Crippen LogP contribution in [0.1, 0.15) is 37.8 Å². The number of carbonyl (C=O) groups excluding carboxylic acids is 1. The minimum absolute atomic E-state index is 0.0689. The molecule has 0 aliphatic carbocycles. The first-order valence-corrected chi connectivity index (χ1v) is 9.75. The molecule has 0 bridgehead atoms. The molecule has 0 saturated carbocycles. The third-order valence-electron chi connectivity index (χ3n) is 3.87. The van der Waals surface area contributed by atoms with Gasteiger partial charge in [0.25, 0.3) is 5.91 Å². The number of amides is 1. The van der Waals surface area contributed by atoms with Crippen LogP contribution in [0, 0.1) is 11.8 Å². The zero-order valence-corrected chi connectivity index (χ0v) is 15.8. The van der Waals surface area contributed by atoms with Gasteiger partial charge in [0.1, 0.15) is 0 Å². The molecule has 1 aliphatic rings. The van der Waals surface area contributed by atoms with Gasteiger partial charge >= 0.3 is 0 Å². The summed E-state index contributed by atoms with van der Waals surface area (Å²) in [5, 5.41) is 8.14. The van der Waals surface area contributed by atoms with E-state index in [0.717, 1.165) is 35.2 Å². The van der Waals surface area contributed by atoms with Crippen LogP contribution in [0.25, 0.3) is 0 Å². The minimum Gasteiger partial charge on any atom is -0.346 e. The number of hydrogen-bond donors (Lipinski definition) is 1. The van der Waals surface area contributed by atoms with Crippen LogP contribution in [0.3, 0.4) is 0 Å². The van der Waals surface area contributed by atoms with E-state index in [9.17, 15) is 4.79 Å². The van der Waals surface area contributed by atoms with Crippen molar-refractivity contribution in [2.75, 3.05) is 18.0 Å². The van der Waals surface area contributed by atoms with Crippen molar-refractivity contribution in [1.29, 1.82) is 0 Å². The van der Waals surface area contributed by atoms with E-state index in [1.807, 2.05) is 17.5 Å². The standard InChI is InChI=1S/C18H21N3OS2/c1-18(2,3)15-12-24-17(20-15)21-9-8-13(11-21)19-16(22)7-6-14-5-4-10-23-14/h4-5,10,12-13H,8-9,11H2,1-3H3,(H,19,22). The van der Waals surface area contributed by atoms with Gasteiger partial charge in [-0.05, 0) is 23.8 Å². The highest BCUT2D eigenvalue weighted by atomic mass is 32.1. The highest BCUT2D eigenvalue weighted by Crippen LogP contribution is 2.30. The number of nitrogens with zero attached hydrogens (tertiary/aromatic N) is 2. The molecule has 1 saturated heterocycles. The lowest BCUT2D eigenvalue weighted by Crippen LogP contribution is -2.36. The highest BCUT2D eigenvalue weighted by Gasteiger charge is 2.27. The zero-order chi connectivity index (χ0) is 17.2. The maximum Gasteiger partial charge on any atom is 0.296 e. The quantitative estimate of drug-likeness (QED) is 0.837. The highest BCUT2D eigenvalue weighted by molar-refractivity contribution is 7.13. The molecule has 1 unspecified atom stereocenters. The predicted molar refractivity (Wildman–Crippen MR) is 101 cm³/mol. The van der Waals surface area contributed by atoms with Crippen LogP contribution in [-0.4, -0.2) is 30.0 Å². The first-order chi connectivity index (χ1) is 11.4. The molecule has 1 aliphatic heterocycles. The third kappa shape index (κ3) is 4.16. The number of thiazole rings is 1. The van der Waals surface area contributed by atoms with E-state index in [1.54, 1.807) is 22.7 Å². The molecule has 0 radical (unpaired) electrons. The fraction of sp³-hybridized carbons (Fsp3) is 0.444. The normalized spacial score (nSPS) is 17.5. The Morgan fingerprint density at radius 1 is 1.42 bits per heavy atom. The number of nitrogens with one attached hydrogen (secondary N) is 1. The van der Waals surface area contributed by atoms with Gasteiger partial charge in [-0.25, -0.2) is 4.98 Å². The molecule has 4 nitrogen and oxygen atoms in total.